The predicted octanol–water partition coefficient (Wildman–Crippen LogP) is 3.10. The van der Waals surface area contributed by atoms with Crippen molar-refractivity contribution >= 4 is 30.6 Å². The minimum absolute atomic E-state index is 0.366. The molecule has 0 unspecified atom stereocenters. The van der Waals surface area contributed by atoms with Crippen LogP contribution in [0.4, 0.5) is 11.4 Å². The monoisotopic (exact) mass is 460 g/mol. The van der Waals surface area contributed by atoms with Gasteiger partial charge in [0.05, 0.1) is 0 Å². The molecule has 2 aliphatic heterocycles. The van der Waals surface area contributed by atoms with Crippen LogP contribution in [-0.4, -0.2) is 27.7 Å². The summed E-state index contributed by atoms with van der Waals surface area (Å²) in [5.41, 5.74) is 2.33. The Labute approximate surface area is 191 Å². The van der Waals surface area contributed by atoms with Gasteiger partial charge in [-0.1, -0.05) is 0 Å². The molecule has 0 N–H and O–H groups in total. The van der Waals surface area contributed by atoms with Crippen molar-refractivity contribution in [2.75, 3.05) is 0 Å². The number of hydrogen-bond acceptors (Lipinski definition) is 4. The Kier molecular flexibility index (Phi) is 4.70. The molecule has 2 heterocycles. The molecule has 4 rings (SSSR count). The van der Waals surface area contributed by atoms with Gasteiger partial charge in [0.2, 0.25) is 0 Å². The predicted molar refractivity (Wildman–Crippen MR) is 124 cm³/mol. The van der Waals surface area contributed by atoms with E-state index in [-0.39, 0.29) is 0 Å². The molecule has 2 aromatic rings. The molecule has 9 heteroatoms. The van der Waals surface area contributed by atoms with Crippen LogP contribution in [0.1, 0.15) is 27.7 Å². The van der Waals surface area contributed by atoms with E-state index < -0.39 is 7.76 Å². The SMILES string of the molecule is CC1=CC(C)=[N+](c2ccccc2)[Si-2]2([N+]#C[O-])([N+]#C[O-])(O1)OC(C)=CC(C)=[N+]2c1ccccc1. The molecule has 33 heavy (non-hydrogen) atoms. The van der Waals surface area contributed by atoms with Crippen LogP contribution in [0, 0.1) is 12.5 Å². The van der Waals surface area contributed by atoms with Crippen molar-refractivity contribution in [3.8, 4) is 12.5 Å². The van der Waals surface area contributed by atoms with Crippen molar-refractivity contribution in [3.63, 3.8) is 0 Å². The van der Waals surface area contributed by atoms with Crippen molar-refractivity contribution in [2.45, 2.75) is 27.7 Å². The number of rotatable bonds is 2. The van der Waals surface area contributed by atoms with Gasteiger partial charge in [-0.2, -0.15) is 0 Å². The maximum absolute atomic E-state index is 12.3. The van der Waals surface area contributed by atoms with E-state index in [1.165, 1.54) is 0 Å². The summed E-state index contributed by atoms with van der Waals surface area (Å²) in [7, 11) is -6.46. The number of allylic oxidation sites excluding steroid dienone is 4. The standard InChI is InChI=1S/C24H26N4O4Si/c1-19-15-21(3)31-33(25-17-29,26-18-30,27(19)23-11-7-5-8-12-23)28(20(2)16-22(4)32-33)24-13-9-6-10-14-24/h5-16,29-30H,1-4H3/q+2/p-2. The van der Waals surface area contributed by atoms with Gasteiger partial charge in [0, 0.05) is 0 Å². The summed E-state index contributed by atoms with van der Waals surface area (Å²) in [5.74, 6) is 0.733. The van der Waals surface area contributed by atoms with Crippen LogP contribution >= 0.6 is 0 Å². The normalized spacial score (nSPS) is 21.7. The third kappa shape index (κ3) is 2.73. The van der Waals surface area contributed by atoms with E-state index in [2.05, 4.69) is 9.02 Å². The Morgan fingerprint density at radius 2 is 1.03 bits per heavy atom. The zero-order valence-corrected chi connectivity index (χ0v) is 19.9. The Bertz CT molecular complexity index is 1310. The number of hydrogen-bond donors (Lipinski definition) is 0. The molecule has 2 aliphatic rings. The first-order chi connectivity index (χ1) is 15.8. The van der Waals surface area contributed by atoms with Crippen molar-refractivity contribution in [3.05, 3.63) is 93.4 Å². The van der Waals surface area contributed by atoms with Gasteiger partial charge in [-0.15, -0.1) is 0 Å². The fourth-order valence-corrected chi connectivity index (χ4v) is 11.4. The van der Waals surface area contributed by atoms with Crippen LogP contribution in [0.2, 0.25) is 0 Å². The number of nitrogens with zero attached hydrogens (tertiary/aromatic N) is 4. The second-order valence-electron chi connectivity index (χ2n) is 8.16. The van der Waals surface area contributed by atoms with Crippen LogP contribution in [0.15, 0.2) is 84.3 Å². The fraction of sp³-hybridized carbons (Fsp3) is 0.167. The van der Waals surface area contributed by atoms with E-state index in [1.54, 1.807) is 71.3 Å². The molecule has 0 bridgehead atoms. The fourth-order valence-electron chi connectivity index (χ4n) is 5.18. The molecule has 2 aromatic carbocycles. The maximum atomic E-state index is 12.3. The first-order valence-corrected chi connectivity index (χ1v) is 13.0. The van der Waals surface area contributed by atoms with Gasteiger partial charge in [0.25, 0.3) is 0 Å². The first kappa shape index (κ1) is 21.9. The number of para-hydroxylation sites is 2. The summed E-state index contributed by atoms with van der Waals surface area (Å²) in [6.07, 6.45) is 6.85. The van der Waals surface area contributed by atoms with E-state index in [1.807, 2.05) is 50.2 Å². The molecule has 0 aliphatic carbocycles. The van der Waals surface area contributed by atoms with Crippen LogP contribution in [0.25, 0.3) is 9.02 Å². The van der Waals surface area contributed by atoms with Crippen molar-refractivity contribution < 1.29 is 27.5 Å². The second-order valence-corrected chi connectivity index (χ2v) is 12.7. The van der Waals surface area contributed by atoms with Gasteiger partial charge < -0.3 is 0 Å². The molecule has 8 nitrogen and oxygen atoms in total. The van der Waals surface area contributed by atoms with E-state index in [0.29, 0.717) is 34.3 Å². The molecule has 0 saturated carbocycles. The summed E-state index contributed by atoms with van der Waals surface area (Å²) >= 11 is 0. The molecule has 0 amide bonds. The quantitative estimate of drug-likeness (QED) is 0.510. The molecular formula is C24H24N4O4Si. The minimum atomic E-state index is -6.46. The van der Waals surface area contributed by atoms with Crippen molar-refractivity contribution in [1.82, 2.24) is 0 Å². The third-order valence-electron chi connectivity index (χ3n) is 5.87. The van der Waals surface area contributed by atoms with Crippen LogP contribution in [0.3, 0.4) is 0 Å². The van der Waals surface area contributed by atoms with Gasteiger partial charge in [0.15, 0.2) is 0 Å². The summed E-state index contributed by atoms with van der Waals surface area (Å²) in [5, 5.41) is 24.6. The van der Waals surface area contributed by atoms with Crippen LogP contribution in [0.5, 0.6) is 0 Å². The van der Waals surface area contributed by atoms with E-state index in [4.69, 9.17) is 8.85 Å². The first-order valence-electron chi connectivity index (χ1n) is 10.4. The van der Waals surface area contributed by atoms with Gasteiger partial charge in [0.1, 0.15) is 0 Å². The van der Waals surface area contributed by atoms with E-state index >= 15 is 0 Å². The summed E-state index contributed by atoms with van der Waals surface area (Å²) in [6.45, 7) is 7.03. The summed E-state index contributed by atoms with van der Waals surface area (Å²) < 4.78 is 25.2. The molecule has 0 atom stereocenters. The second kappa shape index (κ2) is 7.09. The Morgan fingerprint density at radius 3 is 1.36 bits per heavy atom. The van der Waals surface area contributed by atoms with Crippen molar-refractivity contribution in [2.24, 2.45) is 0 Å². The molecule has 0 aromatic heterocycles. The summed E-state index contributed by atoms with van der Waals surface area (Å²) in [6, 6.07) is 18.2. The molecule has 0 radical (unpaired) electrons. The zero-order chi connectivity index (χ0) is 23.8. The summed E-state index contributed by atoms with van der Waals surface area (Å²) in [4.78, 5) is 0. The van der Waals surface area contributed by atoms with Crippen LogP contribution < -0.4 is 10.2 Å². The Morgan fingerprint density at radius 1 is 0.667 bits per heavy atom. The number of benzene rings is 2. The van der Waals surface area contributed by atoms with Crippen LogP contribution in [-0.2, 0) is 8.85 Å². The molecule has 168 valence electrons. The molecule has 0 saturated heterocycles. The third-order valence-corrected chi connectivity index (χ3v) is 11.7. The van der Waals surface area contributed by atoms with Gasteiger partial charge in [-0.25, -0.2) is 0 Å². The average Bonchev–Trinajstić information content (AvgIpc) is 2.74. The zero-order valence-electron chi connectivity index (χ0n) is 18.9. The van der Waals surface area contributed by atoms with E-state index in [9.17, 15) is 10.2 Å². The van der Waals surface area contributed by atoms with Gasteiger partial charge in [-0.05, 0) is 0 Å². The van der Waals surface area contributed by atoms with Gasteiger partial charge in [-0.3, -0.25) is 0 Å². The van der Waals surface area contributed by atoms with Gasteiger partial charge >= 0.3 is 192 Å². The molecule has 1 spiro atoms. The topological polar surface area (TPSA) is 79.3 Å². The van der Waals surface area contributed by atoms with E-state index in [0.717, 1.165) is 0 Å². The molecular weight excluding hydrogens is 436 g/mol. The average molecular weight is 461 g/mol. The molecule has 0 fully saturated rings. The Balaban J connectivity index is 2.41. The van der Waals surface area contributed by atoms with Crippen molar-refractivity contribution in [1.29, 1.82) is 0 Å². The Hall–Kier alpha value is -4.34.